The Bertz CT molecular complexity index is 584. The number of halogens is 1. The molecule has 2 aromatic rings. The van der Waals surface area contributed by atoms with E-state index in [0.717, 1.165) is 38.3 Å². The quantitative estimate of drug-likeness (QED) is 0.270. The van der Waals surface area contributed by atoms with E-state index in [0.29, 0.717) is 12.5 Å². The van der Waals surface area contributed by atoms with Gasteiger partial charge in [0.2, 0.25) is 0 Å². The van der Waals surface area contributed by atoms with Crippen molar-refractivity contribution in [3.8, 4) is 5.69 Å². The van der Waals surface area contributed by atoms with E-state index in [1.807, 2.05) is 23.9 Å². The summed E-state index contributed by atoms with van der Waals surface area (Å²) in [6.07, 6.45) is 5.49. The number of ether oxygens (including phenoxy) is 1. The highest BCUT2D eigenvalue weighted by Crippen LogP contribution is 2.08. The number of rotatable bonds is 9. The van der Waals surface area contributed by atoms with Gasteiger partial charge >= 0.3 is 0 Å². The molecule has 1 aromatic carbocycles. The van der Waals surface area contributed by atoms with Gasteiger partial charge in [0, 0.05) is 38.7 Å². The number of benzene rings is 1. The maximum absolute atomic E-state index is 5.83. The molecule has 132 valence electrons. The Morgan fingerprint density at radius 1 is 1.33 bits per heavy atom. The monoisotopic (exact) mass is 443 g/mol. The SMILES string of the molecule is CCOCCCN=C(N)NCCc1ccc(-n2cccn2)cc1.I. The predicted molar refractivity (Wildman–Crippen MR) is 108 cm³/mol. The molecule has 0 fully saturated rings. The molecule has 7 heteroatoms. The lowest BCUT2D eigenvalue weighted by Gasteiger charge is -2.07. The minimum atomic E-state index is 0. The number of nitrogens with one attached hydrogen (secondary N) is 1. The fourth-order valence-corrected chi connectivity index (χ4v) is 2.14. The maximum Gasteiger partial charge on any atom is 0.188 e. The van der Waals surface area contributed by atoms with Crippen LogP contribution < -0.4 is 11.1 Å². The van der Waals surface area contributed by atoms with Gasteiger partial charge in [-0.3, -0.25) is 4.99 Å². The van der Waals surface area contributed by atoms with Crippen molar-refractivity contribution in [1.29, 1.82) is 0 Å². The number of aliphatic imine (C=N–C) groups is 1. The van der Waals surface area contributed by atoms with E-state index in [1.165, 1.54) is 5.56 Å². The van der Waals surface area contributed by atoms with Crippen LogP contribution in [0.5, 0.6) is 0 Å². The Kier molecular flexibility index (Phi) is 10.1. The van der Waals surface area contributed by atoms with Crippen LogP contribution in [0.2, 0.25) is 0 Å². The van der Waals surface area contributed by atoms with Gasteiger partial charge in [0.15, 0.2) is 5.96 Å². The van der Waals surface area contributed by atoms with Crippen molar-refractivity contribution in [2.24, 2.45) is 10.7 Å². The van der Waals surface area contributed by atoms with Crippen molar-refractivity contribution in [2.45, 2.75) is 19.8 Å². The second kappa shape index (κ2) is 11.9. The highest BCUT2D eigenvalue weighted by Gasteiger charge is 1.98. The largest absolute Gasteiger partial charge is 0.382 e. The van der Waals surface area contributed by atoms with Gasteiger partial charge in [0.1, 0.15) is 0 Å². The average molecular weight is 443 g/mol. The Hall–Kier alpha value is -1.61. The minimum absolute atomic E-state index is 0. The molecule has 0 radical (unpaired) electrons. The van der Waals surface area contributed by atoms with Crippen molar-refractivity contribution in [3.63, 3.8) is 0 Å². The first-order valence-corrected chi connectivity index (χ1v) is 8.00. The summed E-state index contributed by atoms with van der Waals surface area (Å²) < 4.78 is 7.10. The van der Waals surface area contributed by atoms with Crippen LogP contribution in [-0.2, 0) is 11.2 Å². The van der Waals surface area contributed by atoms with E-state index in [-0.39, 0.29) is 24.0 Å². The summed E-state index contributed by atoms with van der Waals surface area (Å²) in [6.45, 7) is 4.92. The van der Waals surface area contributed by atoms with Crippen molar-refractivity contribution in [3.05, 3.63) is 48.3 Å². The molecule has 6 nitrogen and oxygen atoms in total. The summed E-state index contributed by atoms with van der Waals surface area (Å²) >= 11 is 0. The molecule has 0 aliphatic rings. The van der Waals surface area contributed by atoms with Crippen molar-refractivity contribution in [1.82, 2.24) is 15.1 Å². The van der Waals surface area contributed by atoms with Crippen LogP contribution in [0.25, 0.3) is 5.69 Å². The zero-order valence-corrected chi connectivity index (χ0v) is 16.3. The first-order chi connectivity index (χ1) is 11.3. The van der Waals surface area contributed by atoms with Gasteiger partial charge in [-0.05, 0) is 43.5 Å². The molecule has 0 saturated carbocycles. The number of nitrogens with two attached hydrogens (primary N) is 1. The molecule has 0 aliphatic carbocycles. The number of hydrogen-bond acceptors (Lipinski definition) is 3. The van der Waals surface area contributed by atoms with E-state index >= 15 is 0 Å². The Morgan fingerprint density at radius 2 is 2.12 bits per heavy atom. The van der Waals surface area contributed by atoms with Crippen LogP contribution in [0.3, 0.4) is 0 Å². The minimum Gasteiger partial charge on any atom is -0.382 e. The van der Waals surface area contributed by atoms with E-state index in [9.17, 15) is 0 Å². The van der Waals surface area contributed by atoms with Crippen molar-refractivity contribution in [2.75, 3.05) is 26.3 Å². The van der Waals surface area contributed by atoms with E-state index in [1.54, 1.807) is 6.20 Å². The molecule has 1 heterocycles. The Labute approximate surface area is 160 Å². The Morgan fingerprint density at radius 3 is 2.79 bits per heavy atom. The first-order valence-electron chi connectivity index (χ1n) is 8.00. The smallest absolute Gasteiger partial charge is 0.188 e. The number of nitrogens with zero attached hydrogens (tertiary/aromatic N) is 3. The van der Waals surface area contributed by atoms with Crippen LogP contribution in [0, 0.1) is 0 Å². The van der Waals surface area contributed by atoms with Gasteiger partial charge in [0.05, 0.1) is 5.69 Å². The van der Waals surface area contributed by atoms with Crippen LogP contribution >= 0.6 is 24.0 Å². The van der Waals surface area contributed by atoms with Crippen LogP contribution in [0.4, 0.5) is 0 Å². The topological polar surface area (TPSA) is 77.5 Å². The zero-order valence-electron chi connectivity index (χ0n) is 14.0. The van der Waals surface area contributed by atoms with Gasteiger partial charge in [-0.15, -0.1) is 24.0 Å². The molecule has 1 aromatic heterocycles. The van der Waals surface area contributed by atoms with Crippen LogP contribution in [0.1, 0.15) is 18.9 Å². The highest BCUT2D eigenvalue weighted by atomic mass is 127. The van der Waals surface area contributed by atoms with E-state index in [4.69, 9.17) is 10.5 Å². The van der Waals surface area contributed by atoms with Crippen LogP contribution in [-0.4, -0.2) is 42.0 Å². The van der Waals surface area contributed by atoms with Gasteiger partial charge in [-0.1, -0.05) is 12.1 Å². The normalized spacial score (nSPS) is 11.1. The molecular formula is C17H26IN5O. The van der Waals surface area contributed by atoms with Crippen molar-refractivity contribution < 1.29 is 4.74 Å². The predicted octanol–water partition coefficient (Wildman–Crippen LogP) is 2.36. The fourth-order valence-electron chi connectivity index (χ4n) is 2.14. The van der Waals surface area contributed by atoms with Crippen molar-refractivity contribution >= 4 is 29.9 Å². The molecule has 0 bridgehead atoms. The molecule has 0 spiro atoms. The number of guanidine groups is 1. The third-order valence-corrected chi connectivity index (χ3v) is 3.36. The number of aromatic nitrogens is 2. The first kappa shape index (κ1) is 20.4. The summed E-state index contributed by atoms with van der Waals surface area (Å²) in [4.78, 5) is 4.27. The molecule has 3 N–H and O–H groups in total. The lowest BCUT2D eigenvalue weighted by molar-refractivity contribution is 0.146. The van der Waals surface area contributed by atoms with E-state index < -0.39 is 0 Å². The lowest BCUT2D eigenvalue weighted by atomic mass is 10.1. The van der Waals surface area contributed by atoms with Gasteiger partial charge < -0.3 is 15.8 Å². The number of hydrogen-bond donors (Lipinski definition) is 2. The highest BCUT2D eigenvalue weighted by molar-refractivity contribution is 14.0. The molecular weight excluding hydrogens is 417 g/mol. The summed E-state index contributed by atoms with van der Waals surface area (Å²) in [7, 11) is 0. The maximum atomic E-state index is 5.83. The average Bonchev–Trinajstić information content (AvgIpc) is 3.10. The summed E-state index contributed by atoms with van der Waals surface area (Å²) in [6, 6.07) is 10.2. The van der Waals surface area contributed by atoms with Gasteiger partial charge in [-0.2, -0.15) is 5.10 Å². The zero-order chi connectivity index (χ0) is 16.3. The summed E-state index contributed by atoms with van der Waals surface area (Å²) in [5.41, 5.74) is 8.13. The van der Waals surface area contributed by atoms with Gasteiger partial charge in [-0.25, -0.2) is 4.68 Å². The van der Waals surface area contributed by atoms with E-state index in [2.05, 4.69) is 39.7 Å². The summed E-state index contributed by atoms with van der Waals surface area (Å²) in [5, 5.41) is 7.35. The summed E-state index contributed by atoms with van der Waals surface area (Å²) in [5.74, 6) is 0.495. The molecule has 0 unspecified atom stereocenters. The van der Waals surface area contributed by atoms with Gasteiger partial charge in [0.25, 0.3) is 0 Å². The molecule has 0 saturated heterocycles. The molecule has 2 rings (SSSR count). The fraction of sp³-hybridized carbons (Fsp3) is 0.412. The second-order valence-corrected chi connectivity index (χ2v) is 5.11. The van der Waals surface area contributed by atoms with Crippen LogP contribution in [0.15, 0.2) is 47.7 Å². The Balaban J connectivity index is 0.00000288. The third-order valence-electron chi connectivity index (χ3n) is 3.36. The second-order valence-electron chi connectivity index (χ2n) is 5.11. The molecule has 0 atom stereocenters. The lowest BCUT2D eigenvalue weighted by Crippen LogP contribution is -2.33. The molecule has 0 aliphatic heterocycles. The third kappa shape index (κ3) is 7.31. The molecule has 24 heavy (non-hydrogen) atoms. The molecule has 0 amide bonds. The standard InChI is InChI=1S/C17H25N5O.HI/c1-2-23-14-4-10-19-17(18)20-12-9-15-5-7-16(8-6-15)22-13-3-11-21-22;/h3,5-8,11,13H,2,4,9-10,12,14H2,1H3,(H3,18,19,20);1H.